The summed E-state index contributed by atoms with van der Waals surface area (Å²) >= 11 is 0. The third kappa shape index (κ3) is 6.53. The number of urea groups is 1. The topological polar surface area (TPSA) is 113 Å². The van der Waals surface area contributed by atoms with E-state index in [2.05, 4.69) is 39.5 Å². The molecule has 2 N–H and O–H groups in total. The molecule has 2 atom stereocenters. The van der Waals surface area contributed by atoms with Gasteiger partial charge in [-0.05, 0) is 53.8 Å². The van der Waals surface area contributed by atoms with Crippen LogP contribution in [0.2, 0.25) is 0 Å². The molecule has 2 aromatic carbocycles. The molecule has 0 radical (unpaired) electrons. The van der Waals surface area contributed by atoms with Crippen LogP contribution in [0.25, 0.3) is 0 Å². The van der Waals surface area contributed by atoms with Crippen molar-refractivity contribution < 1.29 is 19.5 Å². The number of piperidine rings is 1. The summed E-state index contributed by atoms with van der Waals surface area (Å²) in [5.74, 6) is -0.239. The van der Waals surface area contributed by atoms with E-state index >= 15 is 0 Å². The number of likely N-dealkylation sites (tertiary alicyclic amines) is 1. The smallest absolute Gasteiger partial charge is 0.334 e. The number of hydrogen-bond donors (Lipinski definition) is 2. The molecule has 1 aromatic heterocycles. The summed E-state index contributed by atoms with van der Waals surface area (Å²) in [6, 6.07) is 19.7. The lowest BCUT2D eigenvalue weighted by atomic mass is 9.98. The number of carbonyl (C=O) groups is 3. The summed E-state index contributed by atoms with van der Waals surface area (Å²) < 4.78 is 0. The highest BCUT2D eigenvalue weighted by Gasteiger charge is 2.50. The van der Waals surface area contributed by atoms with Crippen molar-refractivity contribution in [2.75, 3.05) is 33.2 Å². The highest BCUT2D eigenvalue weighted by atomic mass is 16.3. The zero-order valence-corrected chi connectivity index (χ0v) is 25.0. The molecule has 11 heteroatoms. The van der Waals surface area contributed by atoms with E-state index < -0.39 is 12.2 Å². The lowest BCUT2D eigenvalue weighted by molar-refractivity contribution is -0.187. The first-order valence-corrected chi connectivity index (χ1v) is 15.2. The Morgan fingerprint density at radius 1 is 0.909 bits per heavy atom. The number of carbonyl (C=O) groups excluding carboxylic acids is 3. The van der Waals surface area contributed by atoms with Crippen LogP contribution in [0.4, 0.5) is 4.79 Å². The number of rotatable bonds is 7. The molecule has 3 aliphatic heterocycles. The Labute approximate surface area is 257 Å². The molecule has 44 heavy (non-hydrogen) atoms. The monoisotopic (exact) mass is 597 g/mol. The number of likely N-dealkylation sites (N-methyl/N-ethyl adjacent to an activating group) is 1. The summed E-state index contributed by atoms with van der Waals surface area (Å²) in [7, 11) is 1.75. The van der Waals surface area contributed by atoms with Gasteiger partial charge in [0.15, 0.2) is 0 Å². The second kappa shape index (κ2) is 13.0. The van der Waals surface area contributed by atoms with E-state index in [1.54, 1.807) is 63.5 Å². The van der Waals surface area contributed by atoms with Gasteiger partial charge >= 0.3 is 6.03 Å². The highest BCUT2D eigenvalue weighted by molar-refractivity contribution is 5.91. The van der Waals surface area contributed by atoms with E-state index in [9.17, 15) is 19.5 Å². The van der Waals surface area contributed by atoms with Crippen LogP contribution >= 0.6 is 0 Å². The lowest BCUT2D eigenvalue weighted by Crippen LogP contribution is -2.76. The van der Waals surface area contributed by atoms with Gasteiger partial charge in [0.25, 0.3) is 0 Å². The molecular weight excluding hydrogens is 558 g/mol. The number of aromatic nitrogens is 1. The standard InChI is InChI=1S/C33H39N7O4/c1-36-23-31(42)39-29(19-24-7-9-28(41)10-8-24)32(43)38(21-26-11-15-34-16-12-26)22-30(39)40(36)33(44)35-27-13-17-37(18-14-27)20-25-5-3-2-4-6-25/h2-12,15-16,27,29-30,41H,13-14,17-23H2,1H3,(H,35,44)/t29-,30?/m0/s1. The molecule has 0 bridgehead atoms. The highest BCUT2D eigenvalue weighted by Crippen LogP contribution is 2.29. The summed E-state index contributed by atoms with van der Waals surface area (Å²) in [5, 5.41) is 16.3. The first-order valence-electron chi connectivity index (χ1n) is 15.2. The average Bonchev–Trinajstić information content (AvgIpc) is 3.02. The number of piperazine rings is 1. The molecule has 4 heterocycles. The molecule has 0 spiro atoms. The molecular formula is C33H39N7O4. The van der Waals surface area contributed by atoms with Gasteiger partial charge in [0.1, 0.15) is 18.0 Å². The van der Waals surface area contributed by atoms with Crippen LogP contribution in [0, 0.1) is 0 Å². The van der Waals surface area contributed by atoms with Crippen molar-refractivity contribution in [3.8, 4) is 5.75 Å². The molecule has 3 aromatic rings. The molecule has 230 valence electrons. The van der Waals surface area contributed by atoms with Gasteiger partial charge in [0, 0.05) is 58.1 Å². The van der Waals surface area contributed by atoms with E-state index in [-0.39, 0.29) is 49.1 Å². The number of hydrogen-bond acceptors (Lipinski definition) is 7. The fourth-order valence-corrected chi connectivity index (χ4v) is 6.53. The van der Waals surface area contributed by atoms with Crippen molar-refractivity contribution in [1.82, 2.24) is 35.0 Å². The van der Waals surface area contributed by atoms with Crippen molar-refractivity contribution in [2.45, 2.75) is 50.6 Å². The van der Waals surface area contributed by atoms with E-state index in [4.69, 9.17) is 0 Å². The number of aromatic hydroxyl groups is 1. The Morgan fingerprint density at radius 3 is 2.30 bits per heavy atom. The molecule has 0 saturated carbocycles. The number of nitrogens with one attached hydrogen (secondary N) is 1. The van der Waals surface area contributed by atoms with Crippen LogP contribution in [-0.2, 0) is 29.1 Å². The number of nitrogens with zero attached hydrogens (tertiary/aromatic N) is 6. The number of phenols is 1. The largest absolute Gasteiger partial charge is 0.508 e. The molecule has 0 aliphatic carbocycles. The van der Waals surface area contributed by atoms with Gasteiger partial charge in [0.05, 0.1) is 13.1 Å². The van der Waals surface area contributed by atoms with Crippen molar-refractivity contribution in [2.24, 2.45) is 0 Å². The number of amides is 4. The minimum Gasteiger partial charge on any atom is -0.508 e. The van der Waals surface area contributed by atoms with E-state index in [1.807, 2.05) is 18.2 Å². The van der Waals surface area contributed by atoms with Crippen LogP contribution in [0.5, 0.6) is 5.75 Å². The predicted octanol–water partition coefficient (Wildman–Crippen LogP) is 2.43. The maximum absolute atomic E-state index is 14.0. The quantitative estimate of drug-likeness (QED) is 0.430. The van der Waals surface area contributed by atoms with Gasteiger partial charge in [-0.3, -0.25) is 19.5 Å². The maximum Gasteiger partial charge on any atom is 0.334 e. The van der Waals surface area contributed by atoms with E-state index in [0.29, 0.717) is 6.54 Å². The van der Waals surface area contributed by atoms with Crippen LogP contribution in [0.3, 0.4) is 0 Å². The van der Waals surface area contributed by atoms with Crippen molar-refractivity contribution in [1.29, 1.82) is 0 Å². The minimum absolute atomic E-state index is 0.0108. The predicted molar refractivity (Wildman–Crippen MR) is 164 cm³/mol. The minimum atomic E-state index is -0.794. The summed E-state index contributed by atoms with van der Waals surface area (Å²) in [6.45, 7) is 3.17. The normalized spacial score (nSPS) is 21.8. The molecule has 3 aliphatic rings. The van der Waals surface area contributed by atoms with Crippen molar-refractivity contribution in [3.63, 3.8) is 0 Å². The molecule has 3 fully saturated rings. The summed E-state index contributed by atoms with van der Waals surface area (Å²) in [4.78, 5) is 51.3. The van der Waals surface area contributed by atoms with Gasteiger partial charge in [-0.25, -0.2) is 14.8 Å². The van der Waals surface area contributed by atoms with Crippen LogP contribution in [-0.4, -0.2) is 104 Å². The summed E-state index contributed by atoms with van der Waals surface area (Å²) in [6.07, 6.45) is 4.65. The average molecular weight is 598 g/mol. The molecule has 3 saturated heterocycles. The first-order chi connectivity index (χ1) is 21.4. The number of phenolic OH excluding ortho intramolecular Hbond substituents is 1. The third-order valence-electron chi connectivity index (χ3n) is 8.80. The fraction of sp³-hybridized carbons (Fsp3) is 0.394. The first kappa shape index (κ1) is 29.6. The van der Waals surface area contributed by atoms with E-state index in [1.165, 1.54) is 5.56 Å². The van der Waals surface area contributed by atoms with Gasteiger partial charge in [-0.2, -0.15) is 0 Å². The van der Waals surface area contributed by atoms with Crippen LogP contribution in [0.1, 0.15) is 29.5 Å². The SMILES string of the molecule is CN1CC(=O)N2C(CN(Cc3ccncc3)C(=O)[C@@H]2Cc2ccc(O)cc2)N1C(=O)NC1CCN(Cc2ccccc2)CC1. The molecule has 4 amide bonds. The Morgan fingerprint density at radius 2 is 1.59 bits per heavy atom. The zero-order chi connectivity index (χ0) is 30.6. The number of benzene rings is 2. The Balaban J connectivity index is 1.20. The van der Waals surface area contributed by atoms with Crippen LogP contribution in [0.15, 0.2) is 79.1 Å². The van der Waals surface area contributed by atoms with Crippen LogP contribution < -0.4 is 5.32 Å². The second-order valence-corrected chi connectivity index (χ2v) is 11.9. The van der Waals surface area contributed by atoms with Gasteiger partial charge in [-0.15, -0.1) is 0 Å². The maximum atomic E-state index is 14.0. The van der Waals surface area contributed by atoms with Gasteiger partial charge < -0.3 is 20.2 Å². The zero-order valence-electron chi connectivity index (χ0n) is 25.0. The Kier molecular flexibility index (Phi) is 8.76. The fourth-order valence-electron chi connectivity index (χ4n) is 6.53. The van der Waals surface area contributed by atoms with Gasteiger partial charge in [0.2, 0.25) is 11.8 Å². The van der Waals surface area contributed by atoms with Crippen molar-refractivity contribution >= 4 is 17.8 Å². The van der Waals surface area contributed by atoms with Gasteiger partial charge in [-0.1, -0.05) is 42.5 Å². The number of hydrazine groups is 1. The lowest BCUT2D eigenvalue weighted by Gasteiger charge is -2.54. The molecule has 1 unspecified atom stereocenters. The summed E-state index contributed by atoms with van der Waals surface area (Å²) in [5.41, 5.74) is 3.01. The van der Waals surface area contributed by atoms with E-state index in [0.717, 1.165) is 43.6 Å². The Bertz CT molecular complexity index is 1450. The van der Waals surface area contributed by atoms with Crippen molar-refractivity contribution in [3.05, 3.63) is 95.8 Å². The molecule has 6 rings (SSSR count). The number of pyridine rings is 1. The second-order valence-electron chi connectivity index (χ2n) is 11.9. The Hall–Kier alpha value is -4.48. The molecule has 11 nitrogen and oxygen atoms in total. The third-order valence-corrected chi connectivity index (χ3v) is 8.80. The number of fused-ring (bicyclic) bond motifs is 1.